The van der Waals surface area contributed by atoms with E-state index in [1.165, 1.54) is 12.1 Å². The van der Waals surface area contributed by atoms with Crippen molar-refractivity contribution in [2.24, 2.45) is 0 Å². The van der Waals surface area contributed by atoms with E-state index in [0.29, 0.717) is 23.2 Å². The Kier molecular flexibility index (Phi) is 7.50. The Bertz CT molecular complexity index is 1080. The van der Waals surface area contributed by atoms with E-state index in [1.54, 1.807) is 65.6 Å². The molecule has 3 aromatic carbocycles. The molecule has 5 nitrogen and oxygen atoms in total. The van der Waals surface area contributed by atoms with Crippen molar-refractivity contribution in [1.82, 2.24) is 10.2 Å². The molecule has 0 saturated carbocycles. The van der Waals surface area contributed by atoms with Crippen LogP contribution < -0.4 is 5.32 Å². The van der Waals surface area contributed by atoms with Gasteiger partial charge < -0.3 is 10.2 Å². The highest BCUT2D eigenvalue weighted by molar-refractivity contribution is 5.94. The van der Waals surface area contributed by atoms with E-state index in [2.05, 4.69) is 11.4 Å². The van der Waals surface area contributed by atoms with Crippen molar-refractivity contribution in [2.75, 3.05) is 6.54 Å². The highest BCUT2D eigenvalue weighted by atomic mass is 19.1. The summed E-state index contributed by atoms with van der Waals surface area (Å²) >= 11 is 0. The number of halogens is 1. The van der Waals surface area contributed by atoms with E-state index < -0.39 is 0 Å². The molecule has 6 heteroatoms. The number of hydrogen-bond donors (Lipinski definition) is 1. The fourth-order valence-corrected chi connectivity index (χ4v) is 3.13. The summed E-state index contributed by atoms with van der Waals surface area (Å²) in [7, 11) is 0. The molecule has 0 unspecified atom stereocenters. The number of carbonyl (C=O) groups excluding carboxylic acids is 2. The lowest BCUT2D eigenvalue weighted by molar-refractivity contribution is -0.132. The maximum absolute atomic E-state index is 13.6. The Morgan fingerprint density at radius 1 is 0.903 bits per heavy atom. The van der Waals surface area contributed by atoms with Gasteiger partial charge in [-0.15, -0.1) is 0 Å². The van der Waals surface area contributed by atoms with Gasteiger partial charge in [0.25, 0.3) is 5.91 Å². The summed E-state index contributed by atoms with van der Waals surface area (Å²) in [4.78, 5) is 26.7. The van der Waals surface area contributed by atoms with E-state index in [4.69, 9.17) is 5.26 Å². The number of amides is 2. The van der Waals surface area contributed by atoms with Gasteiger partial charge in [0, 0.05) is 31.6 Å². The van der Waals surface area contributed by atoms with Crippen molar-refractivity contribution in [3.05, 3.63) is 107 Å². The number of benzene rings is 3. The molecule has 0 aromatic heterocycles. The Morgan fingerprint density at radius 3 is 2.29 bits per heavy atom. The third kappa shape index (κ3) is 6.51. The van der Waals surface area contributed by atoms with Crippen LogP contribution in [0.15, 0.2) is 78.9 Å². The van der Waals surface area contributed by atoms with E-state index in [9.17, 15) is 14.0 Å². The van der Waals surface area contributed by atoms with Crippen LogP contribution in [0, 0.1) is 17.1 Å². The SMILES string of the molecule is N#Cc1ccc(CN(Cc2cccc(F)c2)C(=O)CCNC(=O)c2ccccc2)cc1. The first kappa shape index (κ1) is 21.7. The summed E-state index contributed by atoms with van der Waals surface area (Å²) in [6, 6.07) is 24.0. The fraction of sp³-hybridized carbons (Fsp3) is 0.160. The fourth-order valence-electron chi connectivity index (χ4n) is 3.13. The standard InChI is InChI=1S/C25H22FN3O2/c26-23-8-4-5-21(15-23)18-29(17-20-11-9-19(16-27)10-12-20)24(30)13-14-28-25(31)22-6-2-1-3-7-22/h1-12,15H,13-14,17-18H2,(H,28,31). The van der Waals surface area contributed by atoms with Gasteiger partial charge in [-0.2, -0.15) is 5.26 Å². The molecule has 0 saturated heterocycles. The first-order chi connectivity index (χ1) is 15.0. The van der Waals surface area contributed by atoms with Crippen LogP contribution in [0.25, 0.3) is 0 Å². The number of rotatable bonds is 8. The zero-order chi connectivity index (χ0) is 22.1. The highest BCUT2D eigenvalue weighted by Gasteiger charge is 2.16. The number of carbonyl (C=O) groups is 2. The van der Waals surface area contributed by atoms with Gasteiger partial charge in [0.05, 0.1) is 11.6 Å². The van der Waals surface area contributed by atoms with Gasteiger partial charge in [0.15, 0.2) is 0 Å². The summed E-state index contributed by atoms with van der Waals surface area (Å²) in [5, 5.41) is 11.7. The Balaban J connectivity index is 1.66. The minimum absolute atomic E-state index is 0.115. The number of nitrogens with zero attached hydrogens (tertiary/aromatic N) is 2. The van der Waals surface area contributed by atoms with Crippen molar-refractivity contribution in [3.63, 3.8) is 0 Å². The second kappa shape index (κ2) is 10.7. The Morgan fingerprint density at radius 2 is 1.61 bits per heavy atom. The van der Waals surface area contributed by atoms with Crippen LogP contribution in [0.1, 0.15) is 33.5 Å². The van der Waals surface area contributed by atoms with Gasteiger partial charge in [-0.05, 0) is 47.5 Å². The average Bonchev–Trinajstić information content (AvgIpc) is 2.79. The second-order valence-corrected chi connectivity index (χ2v) is 7.06. The molecule has 0 fully saturated rings. The smallest absolute Gasteiger partial charge is 0.251 e. The molecule has 1 N–H and O–H groups in total. The van der Waals surface area contributed by atoms with Gasteiger partial charge in [-0.1, -0.05) is 42.5 Å². The summed E-state index contributed by atoms with van der Waals surface area (Å²) in [6.07, 6.45) is 0.115. The van der Waals surface area contributed by atoms with E-state index in [0.717, 1.165) is 5.56 Å². The molecule has 3 aromatic rings. The van der Waals surface area contributed by atoms with Crippen molar-refractivity contribution >= 4 is 11.8 Å². The zero-order valence-corrected chi connectivity index (χ0v) is 16.9. The maximum Gasteiger partial charge on any atom is 0.251 e. The lowest BCUT2D eigenvalue weighted by atomic mass is 10.1. The summed E-state index contributed by atoms with van der Waals surface area (Å²) in [5.41, 5.74) is 2.60. The second-order valence-electron chi connectivity index (χ2n) is 7.06. The first-order valence-electron chi connectivity index (χ1n) is 9.89. The highest BCUT2D eigenvalue weighted by Crippen LogP contribution is 2.13. The van der Waals surface area contributed by atoms with E-state index in [-0.39, 0.29) is 37.1 Å². The van der Waals surface area contributed by atoms with Gasteiger partial charge >= 0.3 is 0 Å². The summed E-state index contributed by atoms with van der Waals surface area (Å²) < 4.78 is 13.6. The zero-order valence-electron chi connectivity index (χ0n) is 16.9. The van der Waals surface area contributed by atoms with Gasteiger partial charge in [0.1, 0.15) is 5.82 Å². The third-order valence-electron chi connectivity index (χ3n) is 4.73. The number of nitrogens with one attached hydrogen (secondary N) is 1. The molecule has 3 rings (SSSR count). The molecule has 0 radical (unpaired) electrons. The number of nitriles is 1. The quantitative estimate of drug-likeness (QED) is 0.603. The van der Waals surface area contributed by atoms with Crippen molar-refractivity contribution in [3.8, 4) is 6.07 Å². The first-order valence-corrected chi connectivity index (χ1v) is 9.89. The lowest BCUT2D eigenvalue weighted by Gasteiger charge is -2.23. The van der Waals surface area contributed by atoms with Crippen molar-refractivity contribution in [1.29, 1.82) is 5.26 Å². The predicted molar refractivity (Wildman–Crippen MR) is 115 cm³/mol. The topological polar surface area (TPSA) is 73.2 Å². The third-order valence-corrected chi connectivity index (χ3v) is 4.73. The molecular weight excluding hydrogens is 393 g/mol. The summed E-state index contributed by atoms with van der Waals surface area (Å²) in [5.74, 6) is -0.766. The summed E-state index contributed by atoms with van der Waals surface area (Å²) in [6.45, 7) is 0.747. The predicted octanol–water partition coefficient (Wildman–Crippen LogP) is 4.05. The molecule has 31 heavy (non-hydrogen) atoms. The molecule has 0 aliphatic heterocycles. The van der Waals surface area contributed by atoms with Gasteiger partial charge in [0.2, 0.25) is 5.91 Å². The monoisotopic (exact) mass is 415 g/mol. The van der Waals surface area contributed by atoms with Crippen LogP contribution in [0.3, 0.4) is 0 Å². The minimum atomic E-state index is -0.363. The minimum Gasteiger partial charge on any atom is -0.352 e. The van der Waals surface area contributed by atoms with E-state index >= 15 is 0 Å². The van der Waals surface area contributed by atoms with Crippen LogP contribution in [0.5, 0.6) is 0 Å². The molecule has 0 aliphatic carbocycles. The normalized spacial score (nSPS) is 10.2. The van der Waals surface area contributed by atoms with Gasteiger partial charge in [-0.25, -0.2) is 4.39 Å². The molecular formula is C25H22FN3O2. The van der Waals surface area contributed by atoms with Crippen LogP contribution in [0.2, 0.25) is 0 Å². The molecule has 0 aliphatic rings. The van der Waals surface area contributed by atoms with Crippen LogP contribution in [-0.2, 0) is 17.9 Å². The van der Waals surface area contributed by atoms with Crippen molar-refractivity contribution < 1.29 is 14.0 Å². The largest absolute Gasteiger partial charge is 0.352 e. The number of hydrogen-bond acceptors (Lipinski definition) is 3. The average molecular weight is 415 g/mol. The molecule has 0 bridgehead atoms. The maximum atomic E-state index is 13.6. The Labute approximate surface area is 180 Å². The molecule has 0 heterocycles. The molecule has 2 amide bonds. The van der Waals surface area contributed by atoms with Crippen LogP contribution in [-0.4, -0.2) is 23.3 Å². The van der Waals surface area contributed by atoms with Crippen molar-refractivity contribution in [2.45, 2.75) is 19.5 Å². The molecule has 0 atom stereocenters. The van der Waals surface area contributed by atoms with E-state index in [1.807, 2.05) is 6.07 Å². The van der Waals surface area contributed by atoms with Crippen LogP contribution >= 0.6 is 0 Å². The lowest BCUT2D eigenvalue weighted by Crippen LogP contribution is -2.34. The molecule has 156 valence electrons. The van der Waals surface area contributed by atoms with Crippen LogP contribution in [0.4, 0.5) is 4.39 Å². The Hall–Kier alpha value is -3.98. The molecule has 0 spiro atoms. The van der Waals surface area contributed by atoms with Gasteiger partial charge in [-0.3, -0.25) is 9.59 Å².